The largest absolute Gasteiger partial charge is 0.338 e. The van der Waals surface area contributed by atoms with Crippen molar-refractivity contribution in [3.05, 3.63) is 0 Å². The van der Waals surface area contributed by atoms with Crippen molar-refractivity contribution in [1.82, 2.24) is 0 Å². The van der Waals surface area contributed by atoms with Gasteiger partial charge in [-0.05, 0) is 12.2 Å². The number of aliphatic imine (C=N–C) groups is 1. The fourth-order valence-electron chi connectivity index (χ4n) is 0.325. The van der Waals surface area contributed by atoms with Crippen molar-refractivity contribution in [3.63, 3.8) is 0 Å². The molecular formula is C5H11N2S+. The molecule has 2 nitrogen and oxygen atoms in total. The quantitative estimate of drug-likeness (QED) is 0.393. The highest BCUT2D eigenvalue weighted by Gasteiger charge is 1.86. The molecular weight excluding hydrogens is 120 g/mol. The molecule has 46 valence electrons. The van der Waals surface area contributed by atoms with Crippen molar-refractivity contribution in [2.45, 2.75) is 0 Å². The van der Waals surface area contributed by atoms with Gasteiger partial charge < -0.3 is 4.90 Å². The molecule has 0 rings (SSSR count). The van der Waals surface area contributed by atoms with Crippen LogP contribution in [0.2, 0.25) is 0 Å². The molecule has 1 N–H and O–H groups in total. The van der Waals surface area contributed by atoms with E-state index in [1.807, 2.05) is 0 Å². The molecule has 0 saturated heterocycles. The van der Waals surface area contributed by atoms with Crippen LogP contribution in [0.25, 0.3) is 0 Å². The van der Waals surface area contributed by atoms with E-state index in [0.29, 0.717) is 0 Å². The van der Waals surface area contributed by atoms with E-state index in [1.54, 1.807) is 0 Å². The minimum Gasteiger partial charge on any atom is -0.338 e. The maximum Gasteiger partial charge on any atom is 0.0983 e. The smallest absolute Gasteiger partial charge is 0.0983 e. The molecule has 0 aromatic heterocycles. The van der Waals surface area contributed by atoms with E-state index in [1.165, 1.54) is 4.90 Å². The van der Waals surface area contributed by atoms with Crippen molar-refractivity contribution in [2.75, 3.05) is 27.2 Å². The summed E-state index contributed by atoms with van der Waals surface area (Å²) in [6.07, 6.45) is 0. The number of likely N-dealkylation sites (N-methyl/N-ethyl adjacent to an activating group) is 1. The number of thiocarbonyl (C=S) groups is 1. The van der Waals surface area contributed by atoms with Crippen molar-refractivity contribution in [2.24, 2.45) is 4.99 Å². The summed E-state index contributed by atoms with van der Waals surface area (Å²) in [6.45, 7) is 1.83. The second-order valence-corrected chi connectivity index (χ2v) is 2.11. The standard InChI is InChI=1S/C5H10N2S/c1-7(2)4-3-6-5-8/h3-4H2,1-2H3/p+1. The minimum absolute atomic E-state index is 0.797. The van der Waals surface area contributed by atoms with Crippen LogP contribution in [-0.4, -0.2) is 32.3 Å². The lowest BCUT2D eigenvalue weighted by Crippen LogP contribution is -3.06. The Morgan fingerprint density at radius 2 is 2.25 bits per heavy atom. The van der Waals surface area contributed by atoms with Crippen LogP contribution in [0.15, 0.2) is 4.99 Å². The molecule has 8 heavy (non-hydrogen) atoms. The maximum absolute atomic E-state index is 4.38. The number of hydrogen-bond acceptors (Lipinski definition) is 2. The number of rotatable bonds is 3. The van der Waals surface area contributed by atoms with Gasteiger partial charge in [-0.1, -0.05) is 0 Å². The average molecular weight is 131 g/mol. The third-order valence-corrected chi connectivity index (χ3v) is 0.917. The van der Waals surface area contributed by atoms with E-state index >= 15 is 0 Å². The SMILES string of the molecule is C[NH+](C)CCN=C=S. The fourth-order valence-corrected chi connectivity index (χ4v) is 0.416. The van der Waals surface area contributed by atoms with Crippen molar-refractivity contribution in [1.29, 1.82) is 0 Å². The third kappa shape index (κ3) is 5.76. The van der Waals surface area contributed by atoms with Crippen molar-refractivity contribution < 1.29 is 4.90 Å². The highest BCUT2D eigenvalue weighted by Crippen LogP contribution is 1.56. The third-order valence-electron chi connectivity index (χ3n) is 0.788. The van der Waals surface area contributed by atoms with E-state index in [2.05, 4.69) is 36.5 Å². The molecule has 0 heterocycles. The van der Waals surface area contributed by atoms with Crippen LogP contribution in [0.1, 0.15) is 0 Å². The van der Waals surface area contributed by atoms with Crippen LogP contribution < -0.4 is 4.90 Å². The number of hydrogen-bond donors (Lipinski definition) is 1. The van der Waals surface area contributed by atoms with Gasteiger partial charge in [0.15, 0.2) is 0 Å². The zero-order valence-corrected chi connectivity index (χ0v) is 6.09. The van der Waals surface area contributed by atoms with Gasteiger partial charge in [-0.15, -0.1) is 0 Å². The summed E-state index contributed by atoms with van der Waals surface area (Å²) in [6, 6.07) is 0. The van der Waals surface area contributed by atoms with Gasteiger partial charge in [0.25, 0.3) is 0 Å². The summed E-state index contributed by atoms with van der Waals surface area (Å²) in [7, 11) is 4.16. The molecule has 0 bridgehead atoms. The normalized spacial score (nSPS) is 8.88. The Morgan fingerprint density at radius 1 is 1.62 bits per heavy atom. The Bertz CT molecular complexity index is 94.6. The predicted molar refractivity (Wildman–Crippen MR) is 37.6 cm³/mol. The highest BCUT2D eigenvalue weighted by atomic mass is 32.1. The lowest BCUT2D eigenvalue weighted by Gasteiger charge is -2.01. The van der Waals surface area contributed by atoms with E-state index in [0.717, 1.165) is 13.1 Å². The number of nitrogens with one attached hydrogen (secondary N) is 1. The monoisotopic (exact) mass is 131 g/mol. The molecule has 0 aliphatic heterocycles. The van der Waals surface area contributed by atoms with Crippen molar-refractivity contribution in [3.8, 4) is 0 Å². The van der Waals surface area contributed by atoms with Crippen LogP contribution in [0.5, 0.6) is 0 Å². The summed E-state index contributed by atoms with van der Waals surface area (Å²) in [5.74, 6) is 0. The van der Waals surface area contributed by atoms with Gasteiger partial charge in [0, 0.05) is 0 Å². The molecule has 0 unspecified atom stereocenters. The lowest BCUT2D eigenvalue weighted by molar-refractivity contribution is -0.856. The van der Waals surface area contributed by atoms with Gasteiger partial charge >= 0.3 is 0 Å². The molecule has 0 saturated carbocycles. The predicted octanol–water partition coefficient (Wildman–Crippen LogP) is -0.766. The number of isothiocyanates is 1. The molecule has 0 amide bonds. The topological polar surface area (TPSA) is 16.8 Å². The first-order chi connectivity index (χ1) is 3.77. The molecule has 0 aliphatic rings. The Balaban J connectivity index is 3.05. The van der Waals surface area contributed by atoms with Gasteiger partial charge in [0.2, 0.25) is 0 Å². The molecule has 0 aromatic carbocycles. The first-order valence-electron chi connectivity index (χ1n) is 2.60. The molecule has 0 spiro atoms. The molecule has 0 aromatic rings. The van der Waals surface area contributed by atoms with Crippen LogP contribution in [0.4, 0.5) is 0 Å². The summed E-state index contributed by atoms with van der Waals surface area (Å²) in [5.41, 5.74) is 0. The highest BCUT2D eigenvalue weighted by molar-refractivity contribution is 7.78. The summed E-state index contributed by atoms with van der Waals surface area (Å²) >= 11 is 4.38. The van der Waals surface area contributed by atoms with E-state index in [-0.39, 0.29) is 0 Å². The minimum atomic E-state index is 0.797. The molecule has 0 aliphatic carbocycles. The van der Waals surface area contributed by atoms with Crippen LogP contribution >= 0.6 is 12.2 Å². The zero-order valence-electron chi connectivity index (χ0n) is 5.27. The first kappa shape index (κ1) is 7.76. The number of nitrogens with zero attached hydrogens (tertiary/aromatic N) is 1. The molecule has 0 radical (unpaired) electrons. The van der Waals surface area contributed by atoms with Crippen LogP contribution in [-0.2, 0) is 0 Å². The average Bonchev–Trinajstić information content (AvgIpc) is 1.66. The Morgan fingerprint density at radius 3 is 2.62 bits per heavy atom. The molecule has 3 heteroatoms. The van der Waals surface area contributed by atoms with Gasteiger partial charge in [-0.2, -0.15) is 0 Å². The van der Waals surface area contributed by atoms with Gasteiger partial charge in [-0.3, -0.25) is 0 Å². The van der Waals surface area contributed by atoms with Gasteiger partial charge in [-0.25, -0.2) is 4.99 Å². The first-order valence-corrected chi connectivity index (χ1v) is 3.01. The summed E-state index contributed by atoms with van der Waals surface area (Å²) in [4.78, 5) is 5.14. The Kier molecular flexibility index (Phi) is 4.76. The second kappa shape index (κ2) is 4.91. The molecule has 0 fully saturated rings. The van der Waals surface area contributed by atoms with Crippen LogP contribution in [0.3, 0.4) is 0 Å². The second-order valence-electron chi connectivity index (χ2n) is 1.93. The summed E-state index contributed by atoms with van der Waals surface area (Å²) in [5, 5.41) is 2.32. The van der Waals surface area contributed by atoms with Crippen LogP contribution in [0, 0.1) is 0 Å². The Hall–Kier alpha value is -0.240. The van der Waals surface area contributed by atoms with Crippen molar-refractivity contribution >= 4 is 17.4 Å². The van der Waals surface area contributed by atoms with Gasteiger partial charge in [0.1, 0.15) is 0 Å². The zero-order chi connectivity index (χ0) is 6.41. The van der Waals surface area contributed by atoms with E-state index < -0.39 is 0 Å². The van der Waals surface area contributed by atoms with Gasteiger partial charge in [0.05, 0.1) is 32.3 Å². The Labute approximate surface area is 55.2 Å². The van der Waals surface area contributed by atoms with E-state index in [9.17, 15) is 0 Å². The summed E-state index contributed by atoms with van der Waals surface area (Å²) < 4.78 is 0. The molecule has 0 atom stereocenters. The lowest BCUT2D eigenvalue weighted by atomic mass is 10.6. The maximum atomic E-state index is 4.38. The fraction of sp³-hybridized carbons (Fsp3) is 0.800. The number of quaternary nitrogens is 1. The van der Waals surface area contributed by atoms with E-state index in [4.69, 9.17) is 0 Å².